The summed E-state index contributed by atoms with van der Waals surface area (Å²) < 4.78 is 5.01. The van der Waals surface area contributed by atoms with Gasteiger partial charge in [0, 0.05) is 17.3 Å². The Hall–Kier alpha value is -2.54. The molecule has 0 aliphatic heterocycles. The van der Waals surface area contributed by atoms with Crippen LogP contribution in [0.3, 0.4) is 0 Å². The van der Waals surface area contributed by atoms with E-state index in [0.717, 1.165) is 0 Å². The molecule has 2 heterocycles. The summed E-state index contributed by atoms with van der Waals surface area (Å²) >= 11 is 0. The Morgan fingerprint density at radius 1 is 1.50 bits per heavy atom. The molecule has 0 aliphatic rings. The first-order chi connectivity index (χ1) is 9.67. The Bertz CT molecular complexity index is 630. The lowest BCUT2D eigenvalue weighted by Crippen LogP contribution is -2.11. The van der Waals surface area contributed by atoms with E-state index < -0.39 is 5.97 Å². The first-order valence-electron chi connectivity index (χ1n) is 6.09. The van der Waals surface area contributed by atoms with E-state index >= 15 is 0 Å². The maximum Gasteiger partial charge on any atom is 0.339 e. The second-order valence-electron chi connectivity index (χ2n) is 4.02. The van der Waals surface area contributed by atoms with Crippen LogP contribution < -0.4 is 11.3 Å². The molecule has 0 aromatic carbocycles. The van der Waals surface area contributed by atoms with E-state index in [-0.39, 0.29) is 0 Å². The number of hydrogen-bond donors (Lipinski definition) is 2. The molecule has 104 valence electrons. The van der Waals surface area contributed by atoms with Crippen LogP contribution in [0.15, 0.2) is 24.5 Å². The number of ether oxygens (including phenoxy) is 1. The number of nitrogens with one attached hydrogen (secondary N) is 1. The summed E-state index contributed by atoms with van der Waals surface area (Å²) in [4.78, 5) is 16.1. The molecular weight excluding hydrogens is 258 g/mol. The Kier molecular flexibility index (Phi) is 4.21. The number of carbonyl (C=O) groups is 1. The molecular formula is C13H15N5O2. The molecule has 0 amide bonds. The summed E-state index contributed by atoms with van der Waals surface area (Å²) in [6.45, 7) is 3.82. The number of aromatic nitrogens is 3. The molecule has 0 spiro atoms. The number of anilines is 1. The van der Waals surface area contributed by atoms with Gasteiger partial charge < -0.3 is 10.2 Å². The summed E-state index contributed by atoms with van der Waals surface area (Å²) in [6.07, 6.45) is 3.19. The second kappa shape index (κ2) is 6.07. The van der Waals surface area contributed by atoms with Crippen molar-refractivity contribution >= 4 is 11.8 Å². The third kappa shape index (κ3) is 2.72. The van der Waals surface area contributed by atoms with Gasteiger partial charge in [-0.25, -0.2) is 10.6 Å². The van der Waals surface area contributed by atoms with Crippen LogP contribution >= 0.6 is 0 Å². The minimum Gasteiger partial charge on any atom is -0.462 e. The van der Waals surface area contributed by atoms with E-state index in [1.165, 1.54) is 0 Å². The van der Waals surface area contributed by atoms with E-state index in [1.54, 1.807) is 38.4 Å². The lowest BCUT2D eigenvalue weighted by Gasteiger charge is -2.09. The van der Waals surface area contributed by atoms with E-state index in [0.29, 0.717) is 34.8 Å². The van der Waals surface area contributed by atoms with Gasteiger partial charge in [-0.2, -0.15) is 5.10 Å². The highest BCUT2D eigenvalue weighted by Gasteiger charge is 2.14. The van der Waals surface area contributed by atoms with Gasteiger partial charge in [0.15, 0.2) is 5.82 Å². The molecule has 3 N–H and O–H groups in total. The predicted molar refractivity (Wildman–Crippen MR) is 73.8 cm³/mol. The fourth-order valence-electron chi connectivity index (χ4n) is 1.77. The number of hydrazine groups is 1. The van der Waals surface area contributed by atoms with E-state index in [2.05, 4.69) is 20.6 Å². The molecule has 0 radical (unpaired) electrons. The van der Waals surface area contributed by atoms with Crippen LogP contribution in [0.2, 0.25) is 0 Å². The van der Waals surface area contributed by atoms with Gasteiger partial charge in [0.2, 0.25) is 0 Å². The molecule has 7 nitrogen and oxygen atoms in total. The van der Waals surface area contributed by atoms with Crippen molar-refractivity contribution < 1.29 is 9.53 Å². The Balaban J connectivity index is 2.48. The van der Waals surface area contributed by atoms with Crippen molar-refractivity contribution in [2.45, 2.75) is 13.8 Å². The highest BCUT2D eigenvalue weighted by atomic mass is 16.5. The van der Waals surface area contributed by atoms with Gasteiger partial charge in [0.05, 0.1) is 24.1 Å². The summed E-state index contributed by atoms with van der Waals surface area (Å²) in [5, 5.41) is 7.62. The number of carbonyl (C=O) groups excluding carboxylic acids is 1. The zero-order chi connectivity index (χ0) is 14.5. The highest BCUT2D eigenvalue weighted by molar-refractivity contribution is 5.92. The van der Waals surface area contributed by atoms with Crippen molar-refractivity contribution in [1.82, 2.24) is 15.2 Å². The van der Waals surface area contributed by atoms with Crippen LogP contribution in [0.25, 0.3) is 11.1 Å². The summed E-state index contributed by atoms with van der Waals surface area (Å²) in [6, 6.07) is 3.45. The van der Waals surface area contributed by atoms with Crippen LogP contribution in [0, 0.1) is 6.92 Å². The number of rotatable bonds is 4. The van der Waals surface area contributed by atoms with Crippen molar-refractivity contribution in [2.24, 2.45) is 5.84 Å². The van der Waals surface area contributed by atoms with E-state index in [4.69, 9.17) is 10.6 Å². The fourth-order valence-corrected chi connectivity index (χ4v) is 1.77. The highest BCUT2D eigenvalue weighted by Crippen LogP contribution is 2.25. The third-order valence-electron chi connectivity index (χ3n) is 2.75. The van der Waals surface area contributed by atoms with Crippen molar-refractivity contribution in [1.29, 1.82) is 0 Å². The molecule has 2 aromatic rings. The Labute approximate surface area is 116 Å². The molecule has 2 rings (SSSR count). The van der Waals surface area contributed by atoms with Crippen molar-refractivity contribution in [2.75, 3.05) is 12.0 Å². The third-order valence-corrected chi connectivity index (χ3v) is 2.75. The molecule has 0 unspecified atom stereocenters. The van der Waals surface area contributed by atoms with Gasteiger partial charge in [-0.05, 0) is 26.0 Å². The first kappa shape index (κ1) is 13.9. The van der Waals surface area contributed by atoms with Crippen LogP contribution in [0.4, 0.5) is 5.82 Å². The number of aryl methyl sites for hydroxylation is 1. The van der Waals surface area contributed by atoms with Crippen LogP contribution in [-0.2, 0) is 4.74 Å². The average Bonchev–Trinajstić information content (AvgIpc) is 2.48. The SMILES string of the molecule is CCOC(=O)c1cc(-c2ccnnc2NN)cnc1C. The number of nitrogen functional groups attached to an aromatic ring is 1. The van der Waals surface area contributed by atoms with Gasteiger partial charge in [-0.1, -0.05) is 0 Å². The minimum absolute atomic E-state index is 0.314. The number of esters is 1. The van der Waals surface area contributed by atoms with Crippen molar-refractivity contribution in [3.8, 4) is 11.1 Å². The smallest absolute Gasteiger partial charge is 0.339 e. The Morgan fingerprint density at radius 3 is 3.00 bits per heavy atom. The zero-order valence-electron chi connectivity index (χ0n) is 11.3. The fraction of sp³-hybridized carbons (Fsp3) is 0.231. The maximum atomic E-state index is 11.9. The monoisotopic (exact) mass is 273 g/mol. The van der Waals surface area contributed by atoms with Gasteiger partial charge >= 0.3 is 5.97 Å². The molecule has 2 aromatic heterocycles. The summed E-state index contributed by atoms with van der Waals surface area (Å²) in [7, 11) is 0. The van der Waals surface area contributed by atoms with Crippen LogP contribution in [0.1, 0.15) is 23.0 Å². The van der Waals surface area contributed by atoms with E-state index in [9.17, 15) is 4.79 Å². The number of hydrogen-bond acceptors (Lipinski definition) is 7. The quantitative estimate of drug-likeness (QED) is 0.491. The van der Waals surface area contributed by atoms with Crippen LogP contribution in [0.5, 0.6) is 0 Å². The molecule has 0 bridgehead atoms. The molecule has 0 saturated carbocycles. The number of nitrogens with zero attached hydrogens (tertiary/aromatic N) is 3. The van der Waals surface area contributed by atoms with E-state index in [1.807, 2.05) is 0 Å². The zero-order valence-corrected chi connectivity index (χ0v) is 11.3. The largest absolute Gasteiger partial charge is 0.462 e. The van der Waals surface area contributed by atoms with Gasteiger partial charge in [-0.15, -0.1) is 5.10 Å². The van der Waals surface area contributed by atoms with Gasteiger partial charge in [0.25, 0.3) is 0 Å². The molecule has 0 fully saturated rings. The molecule has 0 saturated heterocycles. The maximum absolute atomic E-state index is 11.9. The van der Waals surface area contributed by atoms with Crippen molar-refractivity contribution in [3.05, 3.63) is 35.8 Å². The summed E-state index contributed by atoms with van der Waals surface area (Å²) in [5.74, 6) is 5.41. The average molecular weight is 273 g/mol. The standard InChI is InChI=1S/C13H15N5O2/c1-3-20-13(19)11-6-9(7-15-8(11)2)10-4-5-16-18-12(10)17-14/h4-7H,3,14H2,1-2H3,(H,17,18). The molecule has 0 atom stereocenters. The summed E-state index contributed by atoms with van der Waals surface area (Å²) in [5.41, 5.74) is 4.91. The number of pyridine rings is 1. The van der Waals surface area contributed by atoms with Crippen LogP contribution in [-0.4, -0.2) is 27.8 Å². The lowest BCUT2D eigenvalue weighted by atomic mass is 10.1. The molecule has 20 heavy (non-hydrogen) atoms. The molecule has 0 aliphatic carbocycles. The topological polar surface area (TPSA) is 103 Å². The number of nitrogens with two attached hydrogens (primary N) is 1. The first-order valence-corrected chi connectivity index (χ1v) is 6.09. The predicted octanol–water partition coefficient (Wildman–Crippen LogP) is 1.31. The Morgan fingerprint density at radius 2 is 2.30 bits per heavy atom. The minimum atomic E-state index is -0.399. The van der Waals surface area contributed by atoms with Gasteiger partial charge in [0.1, 0.15) is 0 Å². The van der Waals surface area contributed by atoms with Crippen molar-refractivity contribution in [3.63, 3.8) is 0 Å². The molecule has 7 heteroatoms. The lowest BCUT2D eigenvalue weighted by molar-refractivity contribution is 0.0525. The van der Waals surface area contributed by atoms with Gasteiger partial charge in [-0.3, -0.25) is 4.98 Å². The normalized spacial score (nSPS) is 10.2. The second-order valence-corrected chi connectivity index (χ2v) is 4.02.